The molecule has 1 N–H and O–H groups in total. The van der Waals surface area contributed by atoms with Gasteiger partial charge in [-0.3, -0.25) is 18.6 Å². The number of esters is 1. The Bertz CT molecular complexity index is 1320. The van der Waals surface area contributed by atoms with Crippen molar-refractivity contribution in [2.24, 2.45) is 0 Å². The van der Waals surface area contributed by atoms with Gasteiger partial charge >= 0.3 is 5.97 Å². The Kier molecular flexibility index (Phi) is 4.51. The summed E-state index contributed by atoms with van der Waals surface area (Å²) in [5.74, 6) is -0.432. The predicted molar refractivity (Wildman–Crippen MR) is 104 cm³/mol. The van der Waals surface area contributed by atoms with Crippen LogP contribution >= 0.6 is 0 Å². The number of fused-ring (bicyclic) bond motifs is 3. The lowest BCUT2D eigenvalue weighted by Crippen LogP contribution is -2.29. The van der Waals surface area contributed by atoms with E-state index in [1.54, 1.807) is 47.9 Å². The van der Waals surface area contributed by atoms with Crippen LogP contribution in [0.1, 0.15) is 16.2 Å². The van der Waals surface area contributed by atoms with E-state index >= 15 is 0 Å². The molecular weight excluding hydrogens is 376 g/mol. The van der Waals surface area contributed by atoms with Gasteiger partial charge in [-0.05, 0) is 37.3 Å². The Hall–Kier alpha value is -4.08. The number of aryl methyl sites for hydroxylation is 1. The minimum Gasteiger partial charge on any atom is -0.465 e. The van der Waals surface area contributed by atoms with Crippen molar-refractivity contribution in [2.45, 2.75) is 13.5 Å². The average molecular weight is 392 g/mol. The summed E-state index contributed by atoms with van der Waals surface area (Å²) in [6.45, 7) is 1.46. The number of nitrogens with one attached hydrogen (secondary N) is 1. The molecule has 0 spiro atoms. The molecule has 0 bridgehead atoms. The molecular formula is C19H16N6O4. The van der Waals surface area contributed by atoms with Gasteiger partial charge in [0.25, 0.3) is 5.56 Å². The van der Waals surface area contributed by atoms with Crippen molar-refractivity contribution >= 4 is 34.4 Å². The quantitative estimate of drug-likeness (QED) is 0.518. The van der Waals surface area contributed by atoms with Crippen molar-refractivity contribution in [3.8, 4) is 0 Å². The number of ether oxygens (including phenoxy) is 1. The first-order valence-electron chi connectivity index (χ1n) is 8.67. The third-order valence-electron chi connectivity index (χ3n) is 4.40. The molecule has 0 saturated heterocycles. The van der Waals surface area contributed by atoms with Gasteiger partial charge in [0.05, 0.1) is 18.2 Å². The molecule has 0 aliphatic carbocycles. The lowest BCUT2D eigenvalue weighted by atomic mass is 10.2. The van der Waals surface area contributed by atoms with Crippen LogP contribution in [0.15, 0.2) is 47.4 Å². The number of carbonyl (C=O) groups excluding carboxylic acids is 2. The van der Waals surface area contributed by atoms with Crippen molar-refractivity contribution in [1.29, 1.82) is 0 Å². The Morgan fingerprint density at radius 3 is 2.76 bits per heavy atom. The number of hydrogen-bond donors (Lipinski definition) is 1. The summed E-state index contributed by atoms with van der Waals surface area (Å²) in [4.78, 5) is 41.5. The predicted octanol–water partition coefficient (Wildman–Crippen LogP) is 1.17. The number of nitrogens with zero attached hydrogens (tertiary/aromatic N) is 5. The molecule has 3 aromatic heterocycles. The van der Waals surface area contributed by atoms with Crippen LogP contribution in [0.4, 0.5) is 5.69 Å². The van der Waals surface area contributed by atoms with Gasteiger partial charge in [0, 0.05) is 11.9 Å². The Labute approximate surface area is 163 Å². The highest BCUT2D eigenvalue weighted by Gasteiger charge is 2.17. The Morgan fingerprint density at radius 2 is 1.97 bits per heavy atom. The number of rotatable bonds is 4. The molecule has 3 heterocycles. The molecule has 4 aromatic rings. The molecule has 146 valence electrons. The standard InChI is InChI=1S/C19H16N6O4/c1-11-22-23-17-18(27)24(14-7-4-8-20-16(14)25(11)17)10-15(26)21-13-6-3-5-12(9-13)19(28)29-2/h3-9H,10H2,1-2H3,(H,21,26). The van der Waals surface area contributed by atoms with Crippen molar-refractivity contribution in [3.63, 3.8) is 0 Å². The number of benzene rings is 1. The molecule has 0 unspecified atom stereocenters. The number of amides is 1. The second-order valence-corrected chi connectivity index (χ2v) is 6.26. The highest BCUT2D eigenvalue weighted by Crippen LogP contribution is 2.14. The van der Waals surface area contributed by atoms with Crippen LogP contribution in [0.3, 0.4) is 0 Å². The normalized spacial score (nSPS) is 11.0. The zero-order valence-corrected chi connectivity index (χ0v) is 15.6. The molecule has 0 saturated carbocycles. The minimum absolute atomic E-state index is 0.0918. The molecule has 0 aliphatic heterocycles. The van der Waals surface area contributed by atoms with E-state index in [1.807, 2.05) is 0 Å². The summed E-state index contributed by atoms with van der Waals surface area (Å²) in [6, 6.07) is 9.72. The molecule has 1 aromatic carbocycles. The Balaban J connectivity index is 1.71. The minimum atomic E-state index is -0.512. The topological polar surface area (TPSA) is 120 Å². The van der Waals surface area contributed by atoms with Gasteiger partial charge in [-0.1, -0.05) is 6.07 Å². The summed E-state index contributed by atoms with van der Waals surface area (Å²) in [6.07, 6.45) is 1.59. The lowest BCUT2D eigenvalue weighted by Gasteiger charge is -2.12. The first-order valence-corrected chi connectivity index (χ1v) is 8.67. The summed E-state index contributed by atoms with van der Waals surface area (Å²) in [5.41, 5.74) is 1.31. The van der Waals surface area contributed by atoms with Crippen LogP contribution < -0.4 is 10.9 Å². The highest BCUT2D eigenvalue weighted by molar-refractivity contribution is 5.94. The fourth-order valence-corrected chi connectivity index (χ4v) is 3.10. The van der Waals surface area contributed by atoms with E-state index in [1.165, 1.54) is 17.7 Å². The maximum atomic E-state index is 12.9. The smallest absolute Gasteiger partial charge is 0.337 e. The largest absolute Gasteiger partial charge is 0.465 e. The van der Waals surface area contributed by atoms with Gasteiger partial charge < -0.3 is 10.1 Å². The van der Waals surface area contributed by atoms with Crippen LogP contribution in [-0.4, -0.2) is 43.1 Å². The monoisotopic (exact) mass is 392 g/mol. The molecule has 0 aliphatic rings. The van der Waals surface area contributed by atoms with Crippen molar-refractivity contribution < 1.29 is 14.3 Å². The van der Waals surface area contributed by atoms with Gasteiger partial charge in [-0.2, -0.15) is 0 Å². The van der Waals surface area contributed by atoms with Gasteiger partial charge in [0.15, 0.2) is 5.65 Å². The molecule has 1 amide bonds. The molecule has 10 nitrogen and oxygen atoms in total. The van der Waals surface area contributed by atoms with Crippen molar-refractivity contribution in [3.05, 3.63) is 64.3 Å². The fraction of sp³-hybridized carbons (Fsp3) is 0.158. The number of aromatic nitrogens is 5. The molecule has 0 radical (unpaired) electrons. The van der Waals surface area contributed by atoms with E-state index in [0.29, 0.717) is 28.2 Å². The number of methoxy groups -OCH3 is 1. The van der Waals surface area contributed by atoms with E-state index in [2.05, 4.69) is 25.2 Å². The van der Waals surface area contributed by atoms with Gasteiger partial charge in [-0.15, -0.1) is 10.2 Å². The second kappa shape index (κ2) is 7.15. The van der Waals surface area contributed by atoms with Crippen molar-refractivity contribution in [1.82, 2.24) is 24.1 Å². The number of pyridine rings is 1. The van der Waals surface area contributed by atoms with Gasteiger partial charge in [0.2, 0.25) is 11.6 Å². The summed E-state index contributed by atoms with van der Waals surface area (Å²) in [7, 11) is 1.28. The molecule has 10 heteroatoms. The third-order valence-corrected chi connectivity index (χ3v) is 4.40. The summed E-state index contributed by atoms with van der Waals surface area (Å²) in [5, 5.41) is 10.5. The molecule has 0 fully saturated rings. The maximum absolute atomic E-state index is 12.9. The van der Waals surface area contributed by atoms with E-state index in [-0.39, 0.29) is 12.2 Å². The van der Waals surface area contributed by atoms with Crippen molar-refractivity contribution in [2.75, 3.05) is 12.4 Å². The van der Waals surface area contributed by atoms with Crippen LogP contribution in [0.5, 0.6) is 0 Å². The first-order chi connectivity index (χ1) is 14.0. The second-order valence-electron chi connectivity index (χ2n) is 6.26. The zero-order valence-electron chi connectivity index (χ0n) is 15.6. The average Bonchev–Trinajstić information content (AvgIpc) is 3.12. The van der Waals surface area contributed by atoms with Crippen LogP contribution in [0, 0.1) is 6.92 Å². The SMILES string of the molecule is COC(=O)c1cccc(NC(=O)Cn2c(=O)c3nnc(C)n3c3ncccc32)c1. The number of carbonyl (C=O) groups is 2. The number of anilines is 1. The molecule has 0 atom stereocenters. The van der Waals surface area contributed by atoms with Crippen LogP contribution in [0.2, 0.25) is 0 Å². The van der Waals surface area contributed by atoms with Crippen LogP contribution in [0.25, 0.3) is 16.8 Å². The Morgan fingerprint density at radius 1 is 1.14 bits per heavy atom. The lowest BCUT2D eigenvalue weighted by molar-refractivity contribution is -0.116. The van der Waals surface area contributed by atoms with Crippen LogP contribution in [-0.2, 0) is 16.1 Å². The van der Waals surface area contributed by atoms with E-state index in [0.717, 1.165) is 0 Å². The van der Waals surface area contributed by atoms with E-state index < -0.39 is 17.4 Å². The third kappa shape index (κ3) is 3.20. The number of hydrogen-bond acceptors (Lipinski definition) is 7. The molecule has 4 rings (SSSR count). The van der Waals surface area contributed by atoms with E-state index in [4.69, 9.17) is 0 Å². The summed E-state index contributed by atoms with van der Waals surface area (Å²) < 4.78 is 7.54. The maximum Gasteiger partial charge on any atom is 0.337 e. The fourth-order valence-electron chi connectivity index (χ4n) is 3.10. The summed E-state index contributed by atoms with van der Waals surface area (Å²) >= 11 is 0. The van der Waals surface area contributed by atoms with Gasteiger partial charge in [0.1, 0.15) is 12.4 Å². The van der Waals surface area contributed by atoms with Gasteiger partial charge in [-0.25, -0.2) is 9.78 Å². The van der Waals surface area contributed by atoms with E-state index in [9.17, 15) is 14.4 Å². The first kappa shape index (κ1) is 18.3. The zero-order chi connectivity index (χ0) is 20.5. The molecule has 29 heavy (non-hydrogen) atoms. The highest BCUT2D eigenvalue weighted by atomic mass is 16.5.